The molecule has 2 atom stereocenters. The molecule has 0 saturated carbocycles. The predicted molar refractivity (Wildman–Crippen MR) is 144 cm³/mol. The molecule has 0 radical (unpaired) electrons. The van der Waals surface area contributed by atoms with E-state index in [1.807, 2.05) is 60.7 Å². The zero-order valence-corrected chi connectivity index (χ0v) is 21.5. The standard InChI is InChI=1S/C30H20BrN3O4/c31-17-11-13-18(14-12-17)34-28(36)25-24-19-6-1-3-8-21(19)30(26(25)29(34)37,22-9-4-2-7-20(22)24)16-32-33-27(35)23-10-5-15-38-23/h1-16,24-26H,(H,33,35)/b32-16-/t24?,25-,26+,30?/m0/s1. The summed E-state index contributed by atoms with van der Waals surface area (Å²) in [5.74, 6) is -2.48. The summed E-state index contributed by atoms with van der Waals surface area (Å²) < 4.78 is 6.04. The van der Waals surface area contributed by atoms with Crippen molar-refractivity contribution >= 4 is 45.6 Å². The molecule has 7 nitrogen and oxygen atoms in total. The molecule has 8 heteroatoms. The summed E-state index contributed by atoms with van der Waals surface area (Å²) in [5.41, 5.74) is 5.85. The van der Waals surface area contributed by atoms with Gasteiger partial charge < -0.3 is 4.42 Å². The molecule has 2 heterocycles. The van der Waals surface area contributed by atoms with Crippen molar-refractivity contribution in [3.63, 3.8) is 0 Å². The van der Waals surface area contributed by atoms with E-state index in [1.54, 1.807) is 30.5 Å². The van der Waals surface area contributed by atoms with E-state index in [-0.39, 0.29) is 23.5 Å². The lowest BCUT2D eigenvalue weighted by Gasteiger charge is -2.52. The lowest BCUT2D eigenvalue weighted by molar-refractivity contribution is -0.122. The molecule has 0 spiro atoms. The molecule has 1 aliphatic heterocycles. The lowest BCUT2D eigenvalue weighted by atomic mass is 9.47. The van der Waals surface area contributed by atoms with E-state index in [0.29, 0.717) is 5.69 Å². The van der Waals surface area contributed by atoms with Crippen molar-refractivity contribution in [3.05, 3.63) is 124 Å². The maximum absolute atomic E-state index is 14.3. The predicted octanol–water partition coefficient (Wildman–Crippen LogP) is 5.01. The largest absolute Gasteiger partial charge is 0.459 e. The number of halogens is 1. The van der Waals surface area contributed by atoms with Crippen LogP contribution < -0.4 is 10.3 Å². The highest BCUT2D eigenvalue weighted by molar-refractivity contribution is 9.10. The van der Waals surface area contributed by atoms with Gasteiger partial charge in [0.1, 0.15) is 0 Å². The number of carbonyl (C=O) groups excluding carboxylic acids is 3. The molecule has 3 aliphatic carbocycles. The Labute approximate surface area is 226 Å². The number of rotatable bonds is 4. The number of carbonyl (C=O) groups is 3. The number of furan rings is 1. The first kappa shape index (κ1) is 22.9. The van der Waals surface area contributed by atoms with Crippen molar-refractivity contribution in [1.82, 2.24) is 5.43 Å². The molecule has 4 aliphatic rings. The quantitative estimate of drug-likeness (QED) is 0.214. The monoisotopic (exact) mass is 565 g/mol. The van der Waals surface area contributed by atoms with Crippen molar-refractivity contribution in [2.75, 3.05) is 4.90 Å². The number of benzene rings is 3. The van der Waals surface area contributed by atoms with E-state index in [1.165, 1.54) is 11.2 Å². The summed E-state index contributed by atoms with van der Waals surface area (Å²) in [6, 6.07) is 26.1. The van der Waals surface area contributed by atoms with E-state index in [9.17, 15) is 14.4 Å². The number of nitrogens with one attached hydrogen (secondary N) is 1. The maximum Gasteiger partial charge on any atom is 0.307 e. The Kier molecular flexibility index (Phi) is 5.03. The van der Waals surface area contributed by atoms with Crippen molar-refractivity contribution in [2.24, 2.45) is 16.9 Å². The molecule has 3 amide bonds. The fourth-order valence-corrected chi connectivity index (χ4v) is 6.81. The molecule has 4 aromatic rings. The number of hydrogen-bond donors (Lipinski definition) is 1. The number of hydrazone groups is 1. The van der Waals surface area contributed by atoms with E-state index >= 15 is 0 Å². The first-order valence-electron chi connectivity index (χ1n) is 12.2. The second-order valence-electron chi connectivity index (χ2n) is 9.69. The average Bonchev–Trinajstić information content (AvgIpc) is 3.57. The Bertz CT molecular complexity index is 1600. The zero-order chi connectivity index (χ0) is 26.0. The fraction of sp³-hybridized carbons (Fsp3) is 0.133. The minimum absolute atomic E-state index is 0.124. The fourth-order valence-electron chi connectivity index (χ4n) is 6.55. The van der Waals surface area contributed by atoms with E-state index < -0.39 is 23.2 Å². The van der Waals surface area contributed by atoms with Gasteiger partial charge in [0.25, 0.3) is 0 Å². The summed E-state index contributed by atoms with van der Waals surface area (Å²) in [5, 5.41) is 4.37. The van der Waals surface area contributed by atoms with Gasteiger partial charge in [-0.3, -0.25) is 14.4 Å². The van der Waals surface area contributed by atoms with Crippen molar-refractivity contribution in [1.29, 1.82) is 0 Å². The second kappa shape index (κ2) is 8.36. The van der Waals surface area contributed by atoms with Crippen LogP contribution in [-0.2, 0) is 15.0 Å². The van der Waals surface area contributed by atoms with Crippen LogP contribution in [0.15, 0.2) is 105 Å². The molecular formula is C30H20BrN3O4. The van der Waals surface area contributed by atoms with Crippen LogP contribution in [0.2, 0.25) is 0 Å². The first-order chi connectivity index (χ1) is 18.5. The van der Waals surface area contributed by atoms with Crippen molar-refractivity contribution in [3.8, 4) is 0 Å². The molecule has 1 fully saturated rings. The summed E-state index contributed by atoms with van der Waals surface area (Å²) in [6.07, 6.45) is 3.05. The summed E-state index contributed by atoms with van der Waals surface area (Å²) >= 11 is 3.43. The van der Waals surface area contributed by atoms with Crippen LogP contribution in [0.25, 0.3) is 0 Å². The minimum Gasteiger partial charge on any atom is -0.459 e. The molecule has 0 unspecified atom stereocenters. The summed E-state index contributed by atoms with van der Waals surface area (Å²) in [7, 11) is 0. The highest BCUT2D eigenvalue weighted by Crippen LogP contribution is 2.63. The van der Waals surface area contributed by atoms with Gasteiger partial charge in [-0.2, -0.15) is 5.10 Å². The summed E-state index contributed by atoms with van der Waals surface area (Å²) in [6.45, 7) is 0. The molecule has 1 saturated heterocycles. The Morgan fingerprint density at radius 3 is 2.18 bits per heavy atom. The smallest absolute Gasteiger partial charge is 0.307 e. The number of anilines is 1. The molecule has 2 bridgehead atoms. The highest BCUT2D eigenvalue weighted by Gasteiger charge is 2.68. The van der Waals surface area contributed by atoms with Crippen LogP contribution in [-0.4, -0.2) is 23.9 Å². The lowest BCUT2D eigenvalue weighted by Crippen LogP contribution is -2.54. The SMILES string of the molecule is O=C(N/N=C\C12c3ccccc3C(c3ccccc31)[C@@H]1C(=O)N(c3ccc(Br)cc3)C(=O)[C@@H]12)c1ccco1. The Morgan fingerprint density at radius 1 is 0.895 bits per heavy atom. The van der Waals surface area contributed by atoms with Crippen molar-refractivity contribution < 1.29 is 18.8 Å². The van der Waals surface area contributed by atoms with Crippen molar-refractivity contribution in [2.45, 2.75) is 11.3 Å². The Morgan fingerprint density at radius 2 is 1.55 bits per heavy atom. The summed E-state index contributed by atoms with van der Waals surface area (Å²) in [4.78, 5) is 42.3. The van der Waals surface area contributed by atoms with Gasteiger partial charge >= 0.3 is 5.91 Å². The minimum atomic E-state index is -1.06. The molecule has 3 aromatic carbocycles. The molecule has 186 valence electrons. The van der Waals surface area contributed by atoms with Gasteiger partial charge in [-0.15, -0.1) is 0 Å². The first-order valence-corrected chi connectivity index (χ1v) is 13.0. The molecular weight excluding hydrogens is 546 g/mol. The van der Waals surface area contributed by atoms with Crippen LogP contribution in [0.3, 0.4) is 0 Å². The number of amides is 3. The maximum atomic E-state index is 14.3. The van der Waals surface area contributed by atoms with Gasteiger partial charge in [-0.1, -0.05) is 64.5 Å². The van der Waals surface area contributed by atoms with Gasteiger partial charge in [-0.25, -0.2) is 10.3 Å². The molecule has 1 aromatic heterocycles. The van der Waals surface area contributed by atoms with Crippen LogP contribution >= 0.6 is 15.9 Å². The molecule has 38 heavy (non-hydrogen) atoms. The third-order valence-corrected chi connectivity index (χ3v) is 8.48. The van der Waals surface area contributed by atoms with Gasteiger partial charge in [0, 0.05) is 16.6 Å². The van der Waals surface area contributed by atoms with Crippen LogP contribution in [0.1, 0.15) is 38.7 Å². The second-order valence-corrected chi connectivity index (χ2v) is 10.6. The Balaban J connectivity index is 1.43. The normalized spacial score (nSPS) is 24.9. The van der Waals surface area contributed by atoms with Gasteiger partial charge in [0.15, 0.2) is 5.76 Å². The average molecular weight is 566 g/mol. The third-order valence-electron chi connectivity index (χ3n) is 7.95. The van der Waals surface area contributed by atoms with Gasteiger partial charge in [0.2, 0.25) is 11.8 Å². The van der Waals surface area contributed by atoms with Crippen LogP contribution in [0, 0.1) is 11.8 Å². The number of imide groups is 1. The van der Waals surface area contributed by atoms with E-state index in [2.05, 4.69) is 26.5 Å². The van der Waals surface area contributed by atoms with Crippen LogP contribution in [0.4, 0.5) is 5.69 Å². The zero-order valence-electron chi connectivity index (χ0n) is 19.9. The highest BCUT2D eigenvalue weighted by atomic mass is 79.9. The van der Waals surface area contributed by atoms with Crippen LogP contribution in [0.5, 0.6) is 0 Å². The molecule has 1 N–H and O–H groups in total. The Hall–Kier alpha value is -4.30. The third kappa shape index (κ3) is 3.01. The number of nitrogens with zero attached hydrogens (tertiary/aromatic N) is 2. The van der Waals surface area contributed by atoms with Gasteiger partial charge in [-0.05, 0) is 58.7 Å². The van der Waals surface area contributed by atoms with E-state index in [0.717, 1.165) is 26.7 Å². The molecule has 8 rings (SSSR count). The van der Waals surface area contributed by atoms with E-state index in [4.69, 9.17) is 4.42 Å². The van der Waals surface area contributed by atoms with Gasteiger partial charge in [0.05, 0.1) is 29.2 Å². The topological polar surface area (TPSA) is 92.0 Å². The number of hydrogen-bond acceptors (Lipinski definition) is 5.